The highest BCUT2D eigenvalue weighted by molar-refractivity contribution is 5.58. The minimum absolute atomic E-state index is 0.560. The average molecular weight is 194 g/mol. The largest absolute Gasteiger partial charge is 0.0767 e. The van der Waals surface area contributed by atoms with E-state index in [0.29, 0.717) is 11.8 Å². The summed E-state index contributed by atoms with van der Waals surface area (Å²) in [4.78, 5) is 0. The Morgan fingerprint density at radius 2 is 1.80 bits per heavy atom. The van der Waals surface area contributed by atoms with E-state index in [9.17, 15) is 0 Å². The van der Waals surface area contributed by atoms with Gasteiger partial charge in [-0.05, 0) is 17.4 Å². The molecule has 0 amide bonds. The molecule has 0 N–H and O–H groups in total. The molecule has 0 aliphatic heterocycles. The summed E-state index contributed by atoms with van der Waals surface area (Å²) in [6.07, 6.45) is 11.3. The fourth-order valence-corrected chi connectivity index (χ4v) is 2.60. The molecular formula is C15H14. The van der Waals surface area contributed by atoms with Crippen molar-refractivity contribution in [2.45, 2.75) is 6.92 Å². The van der Waals surface area contributed by atoms with Gasteiger partial charge in [0, 0.05) is 11.8 Å². The van der Waals surface area contributed by atoms with Crippen LogP contribution >= 0.6 is 0 Å². The molecule has 0 spiro atoms. The number of fused-ring (bicyclic) bond motifs is 2. The van der Waals surface area contributed by atoms with Crippen LogP contribution in [0.5, 0.6) is 0 Å². The van der Waals surface area contributed by atoms with Gasteiger partial charge in [0.2, 0.25) is 0 Å². The highest BCUT2D eigenvalue weighted by Gasteiger charge is 2.21. The molecule has 0 nitrogen and oxygen atoms in total. The van der Waals surface area contributed by atoms with Crippen LogP contribution in [0.4, 0.5) is 0 Å². The second-order valence-electron chi connectivity index (χ2n) is 4.31. The van der Waals surface area contributed by atoms with Gasteiger partial charge < -0.3 is 0 Å². The maximum atomic E-state index is 2.38. The minimum Gasteiger partial charge on any atom is -0.0767 e. The predicted octanol–water partition coefficient (Wildman–Crippen LogP) is 2.01. The Morgan fingerprint density at radius 3 is 2.73 bits per heavy atom. The smallest absolute Gasteiger partial charge is 0.00843 e. The van der Waals surface area contributed by atoms with Gasteiger partial charge in [0.15, 0.2) is 0 Å². The first-order valence-electron chi connectivity index (χ1n) is 5.49. The Bertz CT molecular complexity index is 558. The molecule has 0 aromatic heterocycles. The Morgan fingerprint density at radius 1 is 1.00 bits per heavy atom. The average Bonchev–Trinajstić information content (AvgIpc) is 2.30. The van der Waals surface area contributed by atoms with Crippen molar-refractivity contribution in [2.75, 3.05) is 0 Å². The van der Waals surface area contributed by atoms with Crippen LogP contribution in [-0.4, -0.2) is 0 Å². The van der Waals surface area contributed by atoms with Crippen molar-refractivity contribution in [3.05, 3.63) is 59.0 Å². The van der Waals surface area contributed by atoms with Crippen molar-refractivity contribution in [3.8, 4) is 0 Å². The third-order valence-corrected chi connectivity index (χ3v) is 3.44. The monoisotopic (exact) mass is 194 g/mol. The van der Waals surface area contributed by atoms with Gasteiger partial charge in [-0.25, -0.2) is 0 Å². The standard InChI is InChI=1S/C15H14/c1-11-14-8-4-2-6-12(14)10-13-7-3-5-9-15(11)13/h2-10,12,14H,1H3. The van der Waals surface area contributed by atoms with E-state index in [1.54, 1.807) is 0 Å². The zero-order valence-electron chi connectivity index (χ0n) is 8.85. The summed E-state index contributed by atoms with van der Waals surface area (Å²) < 4.78 is 0. The molecule has 1 aromatic rings. The third kappa shape index (κ3) is 1.29. The lowest BCUT2D eigenvalue weighted by molar-refractivity contribution is 0.699. The number of benzene rings is 1. The van der Waals surface area contributed by atoms with Gasteiger partial charge in [-0.3, -0.25) is 0 Å². The highest BCUT2D eigenvalue weighted by Crippen LogP contribution is 2.28. The van der Waals surface area contributed by atoms with Crippen molar-refractivity contribution in [3.63, 3.8) is 0 Å². The topological polar surface area (TPSA) is 0 Å². The van der Waals surface area contributed by atoms with Gasteiger partial charge in [-0.2, -0.15) is 0 Å². The fourth-order valence-electron chi connectivity index (χ4n) is 2.60. The lowest BCUT2D eigenvalue weighted by atomic mass is 9.79. The molecule has 3 rings (SSSR count). The van der Waals surface area contributed by atoms with Crippen LogP contribution in [0, 0.1) is 11.8 Å². The fraction of sp³-hybridized carbons (Fsp3) is 0.200. The maximum absolute atomic E-state index is 2.38. The van der Waals surface area contributed by atoms with E-state index < -0.39 is 0 Å². The number of hydrogen-bond donors (Lipinski definition) is 0. The molecule has 0 saturated heterocycles. The lowest BCUT2D eigenvalue weighted by Gasteiger charge is -2.25. The molecule has 2 aliphatic rings. The van der Waals surface area contributed by atoms with Crippen LogP contribution in [0.15, 0.2) is 48.6 Å². The molecule has 0 bridgehead atoms. The molecule has 1 aromatic carbocycles. The lowest BCUT2D eigenvalue weighted by Crippen LogP contribution is -2.35. The number of allylic oxidation sites excluding steroid dienone is 4. The van der Waals surface area contributed by atoms with E-state index in [0.717, 1.165) is 0 Å². The third-order valence-electron chi connectivity index (χ3n) is 3.44. The second kappa shape index (κ2) is 3.23. The van der Waals surface area contributed by atoms with Gasteiger partial charge in [-0.15, -0.1) is 0 Å². The Balaban J connectivity index is 2.34. The van der Waals surface area contributed by atoms with Crippen LogP contribution in [0.2, 0.25) is 0 Å². The summed E-state index contributed by atoms with van der Waals surface area (Å²) in [5, 5.41) is 2.80. The molecule has 0 fully saturated rings. The summed E-state index contributed by atoms with van der Waals surface area (Å²) in [7, 11) is 0. The predicted molar refractivity (Wildman–Crippen MR) is 64.5 cm³/mol. The maximum Gasteiger partial charge on any atom is 0.00843 e. The summed E-state index contributed by atoms with van der Waals surface area (Å²) in [6.45, 7) is 2.26. The van der Waals surface area contributed by atoms with E-state index in [1.165, 1.54) is 16.0 Å². The summed E-state index contributed by atoms with van der Waals surface area (Å²) in [5.74, 6) is 1.13. The van der Waals surface area contributed by atoms with Gasteiger partial charge in [0.05, 0.1) is 0 Å². The van der Waals surface area contributed by atoms with Crippen molar-refractivity contribution in [1.82, 2.24) is 0 Å². The van der Waals surface area contributed by atoms with Crippen LogP contribution in [0.1, 0.15) is 6.92 Å². The molecular weight excluding hydrogens is 180 g/mol. The van der Waals surface area contributed by atoms with Crippen LogP contribution in [-0.2, 0) is 0 Å². The van der Waals surface area contributed by atoms with Crippen molar-refractivity contribution in [1.29, 1.82) is 0 Å². The highest BCUT2D eigenvalue weighted by atomic mass is 14.2. The van der Waals surface area contributed by atoms with E-state index in [4.69, 9.17) is 0 Å². The molecule has 74 valence electrons. The zero-order valence-corrected chi connectivity index (χ0v) is 8.85. The quantitative estimate of drug-likeness (QED) is 0.592. The van der Waals surface area contributed by atoms with Crippen molar-refractivity contribution < 1.29 is 0 Å². The van der Waals surface area contributed by atoms with E-state index in [-0.39, 0.29) is 0 Å². The number of hydrogen-bond acceptors (Lipinski definition) is 0. The number of rotatable bonds is 0. The van der Waals surface area contributed by atoms with Crippen LogP contribution < -0.4 is 10.4 Å². The molecule has 2 atom stereocenters. The molecule has 15 heavy (non-hydrogen) atoms. The second-order valence-corrected chi connectivity index (χ2v) is 4.31. The summed E-state index contributed by atoms with van der Waals surface area (Å²) in [6, 6.07) is 8.68. The SMILES string of the molecule is CC1=c2ccccc2=CC2C=CC=CC12. The van der Waals surface area contributed by atoms with E-state index >= 15 is 0 Å². The normalized spacial score (nSPS) is 26.9. The zero-order chi connectivity index (χ0) is 10.3. The van der Waals surface area contributed by atoms with E-state index in [1.807, 2.05) is 0 Å². The van der Waals surface area contributed by atoms with Gasteiger partial charge >= 0.3 is 0 Å². The molecule has 2 unspecified atom stereocenters. The van der Waals surface area contributed by atoms with E-state index in [2.05, 4.69) is 61.6 Å². The summed E-state index contributed by atoms with van der Waals surface area (Å²) in [5.41, 5.74) is 1.50. The Kier molecular flexibility index (Phi) is 1.88. The molecule has 0 saturated carbocycles. The van der Waals surface area contributed by atoms with Crippen molar-refractivity contribution >= 4 is 11.6 Å². The first kappa shape index (κ1) is 8.72. The van der Waals surface area contributed by atoms with Crippen LogP contribution in [0.25, 0.3) is 11.6 Å². The van der Waals surface area contributed by atoms with Crippen molar-refractivity contribution in [2.24, 2.45) is 11.8 Å². The van der Waals surface area contributed by atoms with Gasteiger partial charge in [0.1, 0.15) is 0 Å². The molecule has 0 heteroatoms. The van der Waals surface area contributed by atoms with Crippen LogP contribution in [0.3, 0.4) is 0 Å². The van der Waals surface area contributed by atoms with Gasteiger partial charge in [-0.1, -0.05) is 60.2 Å². The molecule has 0 heterocycles. The first-order valence-corrected chi connectivity index (χ1v) is 5.49. The molecule has 2 aliphatic carbocycles. The Labute approximate surface area is 89.9 Å². The van der Waals surface area contributed by atoms with Gasteiger partial charge in [0.25, 0.3) is 0 Å². The summed E-state index contributed by atoms with van der Waals surface area (Å²) >= 11 is 0. The Hall–Kier alpha value is -1.56. The first-order chi connectivity index (χ1) is 7.36. The molecule has 0 radical (unpaired) electrons. The minimum atomic E-state index is 0.560.